The van der Waals surface area contributed by atoms with Crippen molar-refractivity contribution in [2.45, 2.75) is 18.9 Å². The van der Waals surface area contributed by atoms with Gasteiger partial charge in [-0.1, -0.05) is 0 Å². The summed E-state index contributed by atoms with van der Waals surface area (Å²) in [5, 5.41) is 3.38. The molecule has 0 aromatic carbocycles. The van der Waals surface area contributed by atoms with Gasteiger partial charge in [0.15, 0.2) is 0 Å². The predicted molar refractivity (Wildman–Crippen MR) is 58.5 cm³/mol. The van der Waals surface area contributed by atoms with Gasteiger partial charge in [-0.2, -0.15) is 0 Å². The van der Waals surface area contributed by atoms with Gasteiger partial charge in [-0.3, -0.25) is 4.98 Å². The number of hydrogen-bond donors (Lipinski definition) is 1. The van der Waals surface area contributed by atoms with E-state index in [0.29, 0.717) is 6.61 Å². The molecular weight excluding hydrogens is 244 g/mol. The summed E-state index contributed by atoms with van der Waals surface area (Å²) in [5.74, 6) is 0.817. The quantitative estimate of drug-likeness (QED) is 0.819. The molecule has 76 valence electrons. The number of nitrogens with zero attached hydrogens (tertiary/aromatic N) is 1. The Morgan fingerprint density at radius 3 is 3.07 bits per heavy atom. The molecule has 0 aliphatic heterocycles. The van der Waals surface area contributed by atoms with Crippen LogP contribution in [-0.4, -0.2) is 24.2 Å². The average Bonchev–Trinajstić information content (AvgIpc) is 2.96. The zero-order valence-corrected chi connectivity index (χ0v) is 9.46. The topological polar surface area (TPSA) is 34.1 Å². The molecule has 0 unspecified atom stereocenters. The molecule has 1 heterocycles. The lowest BCUT2D eigenvalue weighted by Gasteiger charge is -2.06. The minimum absolute atomic E-state index is 0.703. The molecule has 1 N–H and O–H groups in total. The first-order chi connectivity index (χ1) is 6.84. The third-order valence-corrected chi connectivity index (χ3v) is 2.49. The normalized spacial score (nSPS) is 15.5. The van der Waals surface area contributed by atoms with E-state index < -0.39 is 0 Å². The lowest BCUT2D eigenvalue weighted by atomic mass is 10.5. The fourth-order valence-corrected chi connectivity index (χ4v) is 1.53. The molecule has 0 amide bonds. The van der Waals surface area contributed by atoms with E-state index in [4.69, 9.17) is 4.74 Å². The van der Waals surface area contributed by atoms with E-state index in [0.717, 1.165) is 22.8 Å². The van der Waals surface area contributed by atoms with Gasteiger partial charge in [0.05, 0.1) is 6.20 Å². The van der Waals surface area contributed by atoms with Crippen LogP contribution in [0.2, 0.25) is 0 Å². The van der Waals surface area contributed by atoms with Gasteiger partial charge in [-0.15, -0.1) is 0 Å². The largest absolute Gasteiger partial charge is 0.491 e. The van der Waals surface area contributed by atoms with Crippen molar-refractivity contribution in [2.24, 2.45) is 0 Å². The van der Waals surface area contributed by atoms with E-state index in [2.05, 4.69) is 26.2 Å². The predicted octanol–water partition coefficient (Wildman–Crippen LogP) is 1.97. The summed E-state index contributed by atoms with van der Waals surface area (Å²) in [5.41, 5.74) is 0. The fraction of sp³-hybridized carbons (Fsp3) is 0.500. The summed E-state index contributed by atoms with van der Waals surface area (Å²) in [6.45, 7) is 1.62. The smallest absolute Gasteiger partial charge is 0.138 e. The van der Waals surface area contributed by atoms with Gasteiger partial charge in [0.2, 0.25) is 0 Å². The lowest BCUT2D eigenvalue weighted by Crippen LogP contribution is -2.22. The van der Waals surface area contributed by atoms with E-state index in [1.807, 2.05) is 6.07 Å². The fourth-order valence-electron chi connectivity index (χ4n) is 1.19. The molecule has 1 saturated carbocycles. The number of nitrogens with one attached hydrogen (secondary N) is 1. The molecule has 1 fully saturated rings. The molecule has 2 rings (SSSR count). The van der Waals surface area contributed by atoms with Crippen LogP contribution in [0.1, 0.15) is 12.8 Å². The molecule has 14 heavy (non-hydrogen) atoms. The molecule has 0 atom stereocenters. The molecule has 4 heteroatoms. The van der Waals surface area contributed by atoms with Crippen molar-refractivity contribution < 1.29 is 4.74 Å². The second-order valence-corrected chi connectivity index (χ2v) is 4.33. The maximum absolute atomic E-state index is 5.51. The highest BCUT2D eigenvalue weighted by molar-refractivity contribution is 9.10. The van der Waals surface area contributed by atoms with Crippen LogP contribution < -0.4 is 10.1 Å². The van der Waals surface area contributed by atoms with Gasteiger partial charge in [-0.25, -0.2) is 0 Å². The molecule has 0 spiro atoms. The van der Waals surface area contributed by atoms with Gasteiger partial charge < -0.3 is 10.1 Å². The Labute approximate surface area is 92.0 Å². The first-order valence-corrected chi connectivity index (χ1v) is 5.60. The molecule has 1 aliphatic rings. The highest BCUT2D eigenvalue weighted by Crippen LogP contribution is 2.18. The van der Waals surface area contributed by atoms with Crippen LogP contribution >= 0.6 is 15.9 Å². The number of aromatic nitrogens is 1. The molecule has 1 aromatic heterocycles. The monoisotopic (exact) mass is 256 g/mol. The van der Waals surface area contributed by atoms with Crippen molar-refractivity contribution >= 4 is 15.9 Å². The highest BCUT2D eigenvalue weighted by atomic mass is 79.9. The summed E-state index contributed by atoms with van der Waals surface area (Å²) in [6.07, 6.45) is 6.11. The molecule has 0 saturated heterocycles. The second-order valence-electron chi connectivity index (χ2n) is 3.42. The number of hydrogen-bond acceptors (Lipinski definition) is 3. The average molecular weight is 257 g/mol. The van der Waals surface area contributed by atoms with Crippen molar-refractivity contribution in [1.29, 1.82) is 0 Å². The zero-order chi connectivity index (χ0) is 9.80. The summed E-state index contributed by atoms with van der Waals surface area (Å²) >= 11 is 3.35. The minimum atomic E-state index is 0.703. The summed E-state index contributed by atoms with van der Waals surface area (Å²) in [7, 11) is 0. The van der Waals surface area contributed by atoms with Gasteiger partial charge in [0, 0.05) is 23.3 Å². The van der Waals surface area contributed by atoms with Gasteiger partial charge in [-0.05, 0) is 34.8 Å². The van der Waals surface area contributed by atoms with Crippen LogP contribution in [-0.2, 0) is 0 Å². The first-order valence-electron chi connectivity index (χ1n) is 4.81. The third kappa shape index (κ3) is 3.27. The SMILES string of the molecule is Brc1cncc(OCCNC2CC2)c1. The van der Waals surface area contributed by atoms with Crippen molar-refractivity contribution in [1.82, 2.24) is 10.3 Å². The van der Waals surface area contributed by atoms with E-state index >= 15 is 0 Å². The van der Waals surface area contributed by atoms with Crippen molar-refractivity contribution in [3.63, 3.8) is 0 Å². The van der Waals surface area contributed by atoms with Crippen molar-refractivity contribution in [2.75, 3.05) is 13.2 Å². The molecule has 0 bridgehead atoms. The maximum Gasteiger partial charge on any atom is 0.138 e. The Morgan fingerprint density at radius 1 is 1.50 bits per heavy atom. The third-order valence-electron chi connectivity index (χ3n) is 2.06. The Balaban J connectivity index is 1.68. The van der Waals surface area contributed by atoms with E-state index in [1.54, 1.807) is 12.4 Å². The second kappa shape index (κ2) is 4.75. The van der Waals surface area contributed by atoms with E-state index in [9.17, 15) is 0 Å². The van der Waals surface area contributed by atoms with Crippen molar-refractivity contribution in [3.05, 3.63) is 22.9 Å². The summed E-state index contributed by atoms with van der Waals surface area (Å²) < 4.78 is 6.46. The first kappa shape index (κ1) is 9.93. The van der Waals surface area contributed by atoms with Crippen LogP contribution in [0, 0.1) is 0 Å². The van der Waals surface area contributed by atoms with Crippen molar-refractivity contribution in [3.8, 4) is 5.75 Å². The molecular formula is C10H13BrN2O. The van der Waals surface area contributed by atoms with Crippen LogP contribution in [0.3, 0.4) is 0 Å². The number of ether oxygens (including phenoxy) is 1. The molecule has 1 aromatic rings. The zero-order valence-electron chi connectivity index (χ0n) is 7.87. The summed E-state index contributed by atoms with van der Waals surface area (Å²) in [6, 6.07) is 2.67. The van der Waals surface area contributed by atoms with Crippen LogP contribution in [0.25, 0.3) is 0 Å². The van der Waals surface area contributed by atoms with E-state index in [-0.39, 0.29) is 0 Å². The van der Waals surface area contributed by atoms with Gasteiger partial charge in [0.1, 0.15) is 12.4 Å². The van der Waals surface area contributed by atoms with Gasteiger partial charge >= 0.3 is 0 Å². The molecule has 3 nitrogen and oxygen atoms in total. The number of rotatable bonds is 5. The summed E-state index contributed by atoms with van der Waals surface area (Å²) in [4.78, 5) is 4.02. The Bertz CT molecular complexity index is 302. The Kier molecular flexibility index (Phi) is 3.37. The van der Waals surface area contributed by atoms with Gasteiger partial charge in [0.25, 0.3) is 0 Å². The van der Waals surface area contributed by atoms with E-state index in [1.165, 1.54) is 12.8 Å². The standard InChI is InChI=1S/C10H13BrN2O/c11-8-5-10(7-12-6-8)14-4-3-13-9-1-2-9/h5-7,9,13H,1-4H2. The van der Waals surface area contributed by atoms with Crippen LogP contribution in [0.5, 0.6) is 5.75 Å². The minimum Gasteiger partial charge on any atom is -0.491 e. The number of pyridine rings is 1. The van der Waals surface area contributed by atoms with Crippen LogP contribution in [0.4, 0.5) is 0 Å². The Hall–Kier alpha value is -0.610. The number of halogens is 1. The molecule has 0 radical (unpaired) electrons. The Morgan fingerprint density at radius 2 is 2.36 bits per heavy atom. The highest BCUT2D eigenvalue weighted by Gasteiger charge is 2.19. The lowest BCUT2D eigenvalue weighted by molar-refractivity contribution is 0.312. The molecule has 1 aliphatic carbocycles. The van der Waals surface area contributed by atoms with Crippen LogP contribution in [0.15, 0.2) is 22.9 Å². The maximum atomic E-state index is 5.51.